The molecule has 0 spiro atoms. The molecule has 22 heteroatoms. The Morgan fingerprint density at radius 2 is 0.674 bits per heavy atom. The molecule has 43 heavy (non-hydrogen) atoms. The number of rotatable bonds is 17. The van der Waals surface area contributed by atoms with Crippen molar-refractivity contribution >= 4 is 41.8 Å². The monoisotopic (exact) mass is 627 g/mol. The Morgan fingerprint density at radius 3 is 0.791 bits per heavy atom. The highest BCUT2D eigenvalue weighted by molar-refractivity contribution is 5.76. The van der Waals surface area contributed by atoms with Crippen LogP contribution in [0.2, 0.25) is 0 Å². The molecule has 0 aliphatic carbocycles. The molecule has 0 aromatic carbocycles. The quantitative estimate of drug-likeness (QED) is 0.0405. The predicted octanol–water partition coefficient (Wildman–Crippen LogP) is -6.25. The van der Waals surface area contributed by atoms with Crippen LogP contribution in [0, 0.1) is 0 Å². The van der Waals surface area contributed by atoms with Crippen molar-refractivity contribution in [2.75, 3.05) is 26.2 Å². The Hall–Kier alpha value is -4.51. The van der Waals surface area contributed by atoms with Gasteiger partial charge in [-0.2, -0.15) is 0 Å². The molecule has 0 aromatic heterocycles. The van der Waals surface area contributed by atoms with E-state index in [0.717, 1.165) is 0 Å². The van der Waals surface area contributed by atoms with E-state index in [-0.39, 0.29) is 17.9 Å². The summed E-state index contributed by atoms with van der Waals surface area (Å²) in [5, 5.41) is 41.0. The van der Waals surface area contributed by atoms with Crippen molar-refractivity contribution in [3.05, 3.63) is 0 Å². The van der Waals surface area contributed by atoms with E-state index in [1.54, 1.807) is 0 Å². The molecule has 0 saturated carbocycles. The molecule has 4 unspecified atom stereocenters. The summed E-state index contributed by atoms with van der Waals surface area (Å²) in [6, 6.07) is -3.59. The Labute approximate surface area is 248 Å². The predicted molar refractivity (Wildman–Crippen MR) is 159 cm³/mol. The SMILES string of the molecule is NC(CO)C(=O)O.NC(N)=NCCCC(N)C(=O)O.NC(N)=NCCCC(N)C(=O)O.NC(N)=NCCCC(N)C(=O)O. The Kier molecular flexibility index (Phi) is 30.7. The average Bonchev–Trinajstić information content (AvgIpc) is 2.91. The summed E-state index contributed by atoms with van der Waals surface area (Å²) >= 11 is 0. The van der Waals surface area contributed by atoms with Gasteiger partial charge in [-0.1, -0.05) is 0 Å². The number of guanidine groups is 3. The van der Waals surface area contributed by atoms with Crippen LogP contribution in [0.1, 0.15) is 38.5 Å². The number of hydrogen-bond acceptors (Lipinski definition) is 12. The molecule has 0 saturated heterocycles. The van der Waals surface area contributed by atoms with E-state index < -0.39 is 54.7 Å². The van der Waals surface area contributed by atoms with Crippen molar-refractivity contribution in [2.45, 2.75) is 62.7 Å². The minimum absolute atomic E-state index is 0.0129. The standard InChI is InChI=1S/3C6H14N4O2.C3H7NO3/c3*7-4(5(11)12)2-1-3-10-6(8)9;4-2(1-5)3(6)7/h3*4H,1-3,7H2,(H,11,12)(H4,8,9,10);2,5H,1,4H2,(H,6,7). The molecule has 25 N–H and O–H groups in total. The van der Waals surface area contributed by atoms with Crippen molar-refractivity contribution in [1.82, 2.24) is 0 Å². The van der Waals surface area contributed by atoms with Gasteiger partial charge in [-0.05, 0) is 38.5 Å². The van der Waals surface area contributed by atoms with Crippen molar-refractivity contribution < 1.29 is 44.7 Å². The molecule has 0 fully saturated rings. The number of carboxylic acids is 4. The zero-order valence-corrected chi connectivity index (χ0v) is 23.9. The molecule has 0 heterocycles. The number of nitrogens with two attached hydrogens (primary N) is 10. The second kappa shape index (κ2) is 29.0. The number of carbonyl (C=O) groups is 4. The number of carboxylic acid groups (broad SMARTS) is 4. The normalized spacial score (nSPS) is 12.3. The van der Waals surface area contributed by atoms with E-state index >= 15 is 0 Å². The number of aliphatic carboxylic acids is 4. The van der Waals surface area contributed by atoms with Gasteiger partial charge in [0.1, 0.15) is 24.2 Å². The second-order valence-electron chi connectivity index (χ2n) is 8.31. The number of nitrogens with zero attached hydrogens (tertiary/aromatic N) is 3. The molecule has 22 nitrogen and oxygen atoms in total. The molecule has 0 radical (unpaired) electrons. The Morgan fingerprint density at radius 1 is 0.465 bits per heavy atom. The second-order valence-corrected chi connectivity index (χ2v) is 8.31. The molecule has 0 aliphatic heterocycles. The van der Waals surface area contributed by atoms with E-state index in [2.05, 4.69) is 15.0 Å². The minimum atomic E-state index is -1.18. The first kappa shape index (κ1) is 45.5. The fourth-order valence-electron chi connectivity index (χ4n) is 2.01. The van der Waals surface area contributed by atoms with E-state index in [1.807, 2.05) is 0 Å². The number of aliphatic hydroxyl groups excluding tert-OH is 1. The van der Waals surface area contributed by atoms with Crippen LogP contribution in [-0.4, -0.2) is 118 Å². The summed E-state index contributed by atoms with van der Waals surface area (Å²) in [6.07, 6.45) is 2.87. The highest BCUT2D eigenvalue weighted by Gasteiger charge is 2.11. The first-order valence-corrected chi connectivity index (χ1v) is 12.5. The molecule has 0 aromatic rings. The zero-order chi connectivity index (χ0) is 34.5. The lowest BCUT2D eigenvalue weighted by Gasteiger charge is -2.03. The Bertz CT molecular complexity index is 781. The van der Waals surface area contributed by atoms with Gasteiger partial charge in [0.2, 0.25) is 0 Å². The highest BCUT2D eigenvalue weighted by atomic mass is 16.4. The summed E-state index contributed by atoms with van der Waals surface area (Å²) in [6.45, 7) is 0.755. The highest BCUT2D eigenvalue weighted by Crippen LogP contribution is 1.96. The van der Waals surface area contributed by atoms with Crippen molar-refractivity contribution in [1.29, 1.82) is 0 Å². The maximum Gasteiger partial charge on any atom is 0.322 e. The van der Waals surface area contributed by atoms with Crippen LogP contribution in [0.4, 0.5) is 0 Å². The van der Waals surface area contributed by atoms with Crippen LogP contribution in [-0.2, 0) is 19.2 Å². The number of aliphatic hydroxyl groups is 1. The van der Waals surface area contributed by atoms with Gasteiger partial charge in [-0.3, -0.25) is 34.2 Å². The molecular formula is C21H49N13O9. The van der Waals surface area contributed by atoms with Crippen molar-refractivity contribution in [3.8, 4) is 0 Å². The first-order valence-electron chi connectivity index (χ1n) is 12.5. The summed E-state index contributed by atoms with van der Waals surface area (Å²) < 4.78 is 0. The van der Waals surface area contributed by atoms with Crippen LogP contribution in [0.15, 0.2) is 15.0 Å². The van der Waals surface area contributed by atoms with Crippen LogP contribution in [0.5, 0.6) is 0 Å². The number of aliphatic imine (C=N–C) groups is 3. The topological polar surface area (TPSA) is 467 Å². The largest absolute Gasteiger partial charge is 0.480 e. The molecular weight excluding hydrogens is 578 g/mol. The first-order chi connectivity index (χ1) is 19.8. The summed E-state index contributed by atoms with van der Waals surface area (Å²) in [7, 11) is 0. The fourth-order valence-corrected chi connectivity index (χ4v) is 2.01. The van der Waals surface area contributed by atoms with E-state index in [0.29, 0.717) is 58.2 Å². The van der Waals surface area contributed by atoms with Crippen molar-refractivity contribution in [2.24, 2.45) is 72.3 Å². The van der Waals surface area contributed by atoms with Crippen LogP contribution in [0.3, 0.4) is 0 Å². The van der Waals surface area contributed by atoms with Crippen molar-refractivity contribution in [3.63, 3.8) is 0 Å². The zero-order valence-electron chi connectivity index (χ0n) is 23.9. The van der Waals surface area contributed by atoms with Gasteiger partial charge >= 0.3 is 23.9 Å². The Balaban J connectivity index is -0.000000240. The summed E-state index contributed by atoms with van der Waals surface area (Å²) in [4.78, 5) is 51.3. The lowest BCUT2D eigenvalue weighted by atomic mass is 10.2. The van der Waals surface area contributed by atoms with Gasteiger partial charge in [-0.15, -0.1) is 0 Å². The van der Waals surface area contributed by atoms with Gasteiger partial charge in [0, 0.05) is 19.6 Å². The average molecular weight is 628 g/mol. The van der Waals surface area contributed by atoms with Gasteiger partial charge in [0.25, 0.3) is 0 Å². The summed E-state index contributed by atoms with van der Waals surface area (Å²) in [5.41, 5.74) is 50.7. The minimum Gasteiger partial charge on any atom is -0.480 e. The third-order valence-electron chi connectivity index (χ3n) is 4.37. The van der Waals surface area contributed by atoms with Gasteiger partial charge in [0.05, 0.1) is 6.61 Å². The van der Waals surface area contributed by atoms with E-state index in [4.69, 9.17) is 82.9 Å². The number of hydrogen-bond donors (Lipinski definition) is 15. The van der Waals surface area contributed by atoms with Gasteiger partial charge < -0.3 is 82.9 Å². The lowest BCUT2D eigenvalue weighted by Crippen LogP contribution is -2.33. The molecule has 0 rings (SSSR count). The van der Waals surface area contributed by atoms with Crippen LogP contribution < -0.4 is 57.3 Å². The molecule has 0 aliphatic rings. The fraction of sp³-hybridized carbons (Fsp3) is 0.667. The maximum atomic E-state index is 10.2. The van der Waals surface area contributed by atoms with E-state index in [1.165, 1.54) is 0 Å². The van der Waals surface area contributed by atoms with Crippen LogP contribution >= 0.6 is 0 Å². The molecule has 4 atom stereocenters. The summed E-state index contributed by atoms with van der Waals surface area (Å²) in [5.74, 6) is -4.14. The molecule has 0 amide bonds. The maximum absolute atomic E-state index is 10.2. The van der Waals surface area contributed by atoms with Gasteiger partial charge in [-0.25, -0.2) is 0 Å². The third kappa shape index (κ3) is 39.7. The lowest BCUT2D eigenvalue weighted by molar-refractivity contribution is -0.140. The third-order valence-corrected chi connectivity index (χ3v) is 4.37. The van der Waals surface area contributed by atoms with Crippen LogP contribution in [0.25, 0.3) is 0 Å². The van der Waals surface area contributed by atoms with Gasteiger partial charge in [0.15, 0.2) is 17.9 Å². The van der Waals surface area contributed by atoms with E-state index in [9.17, 15) is 19.2 Å². The molecule has 0 bridgehead atoms. The smallest absolute Gasteiger partial charge is 0.322 e. The molecule has 252 valence electrons.